The fraction of sp³-hybridized carbons (Fsp3) is 0.182. The van der Waals surface area contributed by atoms with Gasteiger partial charge in [0, 0.05) is 6.08 Å². The van der Waals surface area contributed by atoms with Crippen LogP contribution in [0.5, 0.6) is 17.2 Å². The number of hydrogen-bond donors (Lipinski definition) is 2. The first-order chi connectivity index (χ1) is 15.2. The van der Waals surface area contributed by atoms with Crippen LogP contribution < -0.4 is 19.5 Å². The van der Waals surface area contributed by atoms with Crippen molar-refractivity contribution in [2.45, 2.75) is 19.4 Å². The molecular weight excluding hydrogens is 398 g/mol. The minimum atomic E-state index is -0.496. The number of rotatable bonds is 7. The lowest BCUT2D eigenvalue weighted by molar-refractivity contribution is -0.111. The van der Waals surface area contributed by atoms with Crippen molar-refractivity contribution in [2.75, 3.05) is 11.9 Å². The van der Waals surface area contributed by atoms with E-state index in [2.05, 4.69) is 25.9 Å². The highest BCUT2D eigenvalue weighted by atomic mass is 16.6. The number of anilines is 1. The van der Waals surface area contributed by atoms with E-state index in [9.17, 15) is 4.79 Å². The fourth-order valence-corrected chi connectivity index (χ4v) is 2.86. The number of hydrogen-bond acceptors (Lipinski definition) is 7. The lowest BCUT2D eigenvalue weighted by Crippen LogP contribution is -2.24. The van der Waals surface area contributed by atoms with Crippen molar-refractivity contribution >= 4 is 17.7 Å². The van der Waals surface area contributed by atoms with Crippen molar-refractivity contribution in [1.29, 1.82) is 0 Å². The minimum absolute atomic E-state index is 0.259. The normalized spacial score (nSPS) is 15.3. The Labute approximate surface area is 178 Å². The molecule has 1 amide bonds. The number of fused-ring (bicyclic) bond motifs is 1. The molecule has 0 bridgehead atoms. The van der Waals surface area contributed by atoms with E-state index in [4.69, 9.17) is 14.2 Å². The summed E-state index contributed by atoms with van der Waals surface area (Å²) >= 11 is 0. The van der Waals surface area contributed by atoms with Crippen molar-refractivity contribution in [3.63, 3.8) is 0 Å². The molecule has 2 N–H and O–H groups in total. The fourth-order valence-electron chi connectivity index (χ4n) is 2.86. The average molecular weight is 419 g/mol. The van der Waals surface area contributed by atoms with Gasteiger partial charge < -0.3 is 19.5 Å². The molecule has 1 aliphatic rings. The van der Waals surface area contributed by atoms with Crippen LogP contribution >= 0.6 is 0 Å². The van der Waals surface area contributed by atoms with Gasteiger partial charge in [0.1, 0.15) is 12.4 Å². The van der Waals surface area contributed by atoms with Gasteiger partial charge in [0.25, 0.3) is 0 Å². The van der Waals surface area contributed by atoms with Crippen LogP contribution in [0.2, 0.25) is 0 Å². The van der Waals surface area contributed by atoms with Gasteiger partial charge in [-0.05, 0) is 58.8 Å². The zero-order chi connectivity index (χ0) is 21.5. The van der Waals surface area contributed by atoms with Gasteiger partial charge in [-0.3, -0.25) is 4.79 Å². The number of aromatic nitrogens is 4. The largest absolute Gasteiger partial charge is 0.485 e. The molecule has 1 atom stereocenters. The Hall–Kier alpha value is -4.14. The van der Waals surface area contributed by atoms with E-state index in [0.717, 1.165) is 17.7 Å². The lowest BCUT2D eigenvalue weighted by Gasteiger charge is -2.26. The lowest BCUT2D eigenvalue weighted by atomic mass is 10.2. The predicted molar refractivity (Wildman–Crippen MR) is 114 cm³/mol. The van der Waals surface area contributed by atoms with Crippen LogP contribution in [0.25, 0.3) is 6.08 Å². The monoisotopic (exact) mass is 419 g/mol. The van der Waals surface area contributed by atoms with E-state index < -0.39 is 6.10 Å². The standard InChI is InChI=1S/C22H21N5O4/c1-2-3-13-29-16-10-7-15(8-11-16)9-12-20(28)23-17-5-4-6-18-21(17)31-19(14-30-18)22-24-26-27-25-22/h3-13,19H,2,14H2,1H3,(H,23,28)(H,24,25,26,27)/b12-9+,13-3+. The zero-order valence-corrected chi connectivity index (χ0v) is 16.8. The number of nitrogens with one attached hydrogen (secondary N) is 2. The van der Waals surface area contributed by atoms with E-state index in [0.29, 0.717) is 23.0 Å². The smallest absolute Gasteiger partial charge is 0.248 e. The Morgan fingerprint density at radius 1 is 1.29 bits per heavy atom. The summed E-state index contributed by atoms with van der Waals surface area (Å²) in [6.45, 7) is 2.30. The molecule has 0 fully saturated rings. The number of aromatic amines is 1. The molecule has 1 unspecified atom stereocenters. The summed E-state index contributed by atoms with van der Waals surface area (Å²) in [4.78, 5) is 12.5. The van der Waals surface area contributed by atoms with Gasteiger partial charge in [-0.15, -0.1) is 5.10 Å². The van der Waals surface area contributed by atoms with E-state index in [1.54, 1.807) is 30.5 Å². The summed E-state index contributed by atoms with van der Waals surface area (Å²) < 4.78 is 17.2. The third kappa shape index (κ3) is 5.08. The summed E-state index contributed by atoms with van der Waals surface area (Å²) in [6.07, 6.45) is 7.18. The molecule has 31 heavy (non-hydrogen) atoms. The Balaban J connectivity index is 1.41. The molecule has 158 valence electrons. The second-order valence-corrected chi connectivity index (χ2v) is 6.63. The molecule has 0 radical (unpaired) electrons. The van der Waals surface area contributed by atoms with Crippen LogP contribution in [-0.4, -0.2) is 33.1 Å². The Morgan fingerprint density at radius 2 is 2.16 bits per heavy atom. The molecule has 0 saturated carbocycles. The zero-order valence-electron chi connectivity index (χ0n) is 16.8. The second kappa shape index (κ2) is 9.57. The van der Waals surface area contributed by atoms with Gasteiger partial charge in [0.05, 0.1) is 11.9 Å². The number of allylic oxidation sites excluding steroid dienone is 1. The summed E-state index contributed by atoms with van der Waals surface area (Å²) in [6, 6.07) is 12.7. The first-order valence-corrected chi connectivity index (χ1v) is 9.80. The highest BCUT2D eigenvalue weighted by molar-refractivity contribution is 6.03. The molecule has 2 aromatic carbocycles. The SMILES string of the molecule is CC/C=C/Oc1ccc(/C=C/C(=O)Nc2cccc3c2OC(c2nnn[nH]2)CO3)cc1. The molecule has 1 aromatic heterocycles. The minimum Gasteiger partial charge on any atom is -0.485 e. The van der Waals surface area contributed by atoms with Crippen LogP contribution in [0.3, 0.4) is 0 Å². The highest BCUT2D eigenvalue weighted by Crippen LogP contribution is 2.41. The van der Waals surface area contributed by atoms with Crippen molar-refractivity contribution in [2.24, 2.45) is 0 Å². The number of amides is 1. The summed E-state index contributed by atoms with van der Waals surface area (Å²) in [5.74, 6) is 1.85. The van der Waals surface area contributed by atoms with Crippen LogP contribution in [0.4, 0.5) is 5.69 Å². The van der Waals surface area contributed by atoms with Crippen LogP contribution in [0.1, 0.15) is 30.8 Å². The van der Waals surface area contributed by atoms with Gasteiger partial charge in [0.15, 0.2) is 23.4 Å². The summed E-state index contributed by atoms with van der Waals surface area (Å²) in [5, 5.41) is 16.5. The highest BCUT2D eigenvalue weighted by Gasteiger charge is 2.27. The molecule has 4 rings (SSSR count). The maximum Gasteiger partial charge on any atom is 0.248 e. The molecule has 1 aliphatic heterocycles. The van der Waals surface area contributed by atoms with Crippen molar-refractivity contribution in [1.82, 2.24) is 20.6 Å². The number of benzene rings is 2. The first-order valence-electron chi connectivity index (χ1n) is 9.80. The van der Waals surface area contributed by atoms with E-state index in [1.165, 1.54) is 6.08 Å². The third-order valence-electron chi connectivity index (χ3n) is 4.40. The van der Waals surface area contributed by atoms with Crippen LogP contribution in [0.15, 0.2) is 60.9 Å². The molecule has 3 aromatic rings. The predicted octanol–water partition coefficient (Wildman–Crippen LogP) is 3.67. The Bertz CT molecular complexity index is 1080. The molecule has 9 heteroatoms. The number of carbonyl (C=O) groups is 1. The molecular formula is C22H21N5O4. The quantitative estimate of drug-likeness (QED) is 0.444. The maximum absolute atomic E-state index is 12.5. The summed E-state index contributed by atoms with van der Waals surface area (Å²) in [5.41, 5.74) is 1.37. The second-order valence-electron chi connectivity index (χ2n) is 6.63. The molecule has 2 heterocycles. The number of H-pyrrole nitrogens is 1. The van der Waals surface area contributed by atoms with E-state index in [1.807, 2.05) is 37.3 Å². The summed E-state index contributed by atoms with van der Waals surface area (Å²) in [7, 11) is 0. The topological polar surface area (TPSA) is 111 Å². The maximum atomic E-state index is 12.5. The Kier molecular flexibility index (Phi) is 6.22. The molecule has 0 aliphatic carbocycles. The first kappa shape index (κ1) is 20.1. The third-order valence-corrected chi connectivity index (χ3v) is 4.40. The van der Waals surface area contributed by atoms with Gasteiger partial charge in [-0.25, -0.2) is 5.10 Å². The van der Waals surface area contributed by atoms with Gasteiger partial charge in [-0.1, -0.05) is 25.1 Å². The van der Waals surface area contributed by atoms with Crippen molar-refractivity contribution in [3.05, 3.63) is 72.3 Å². The van der Waals surface area contributed by atoms with Gasteiger partial charge in [0.2, 0.25) is 5.91 Å². The van der Waals surface area contributed by atoms with Crippen molar-refractivity contribution < 1.29 is 19.0 Å². The number of nitrogens with zero attached hydrogens (tertiary/aromatic N) is 3. The number of tetrazole rings is 1. The molecule has 0 spiro atoms. The Morgan fingerprint density at radius 3 is 2.94 bits per heavy atom. The van der Waals surface area contributed by atoms with E-state index >= 15 is 0 Å². The van der Waals surface area contributed by atoms with Gasteiger partial charge in [-0.2, -0.15) is 0 Å². The van der Waals surface area contributed by atoms with Crippen LogP contribution in [-0.2, 0) is 4.79 Å². The van der Waals surface area contributed by atoms with Gasteiger partial charge >= 0.3 is 0 Å². The number of ether oxygens (including phenoxy) is 3. The van der Waals surface area contributed by atoms with E-state index in [-0.39, 0.29) is 12.5 Å². The molecule has 0 saturated heterocycles. The average Bonchev–Trinajstić information content (AvgIpc) is 3.34. The number of carbonyl (C=O) groups excluding carboxylic acids is 1. The number of para-hydroxylation sites is 1. The van der Waals surface area contributed by atoms with Crippen LogP contribution in [0, 0.1) is 0 Å². The molecule has 9 nitrogen and oxygen atoms in total. The van der Waals surface area contributed by atoms with Crippen molar-refractivity contribution in [3.8, 4) is 17.2 Å².